The number of hydrogen-bond acceptors (Lipinski definition) is 4. The van der Waals surface area contributed by atoms with Crippen LogP contribution in [-0.2, 0) is 14.3 Å². The van der Waals surface area contributed by atoms with E-state index in [1.807, 2.05) is 0 Å². The molecule has 0 aromatic rings. The van der Waals surface area contributed by atoms with Crippen molar-refractivity contribution in [1.82, 2.24) is 5.32 Å². The van der Waals surface area contributed by atoms with Crippen molar-refractivity contribution >= 4 is 12.1 Å². The smallest absolute Gasteiger partial charge is 0.408 e. The molecule has 2 atom stereocenters. The molecular formula is C14H21NO5. The van der Waals surface area contributed by atoms with Crippen LogP contribution in [0.15, 0.2) is 12.7 Å². The first-order valence-corrected chi connectivity index (χ1v) is 6.97. The molecule has 20 heavy (non-hydrogen) atoms. The van der Waals surface area contributed by atoms with E-state index in [1.54, 1.807) is 0 Å². The molecule has 6 heteroatoms. The Morgan fingerprint density at radius 3 is 2.85 bits per heavy atom. The van der Waals surface area contributed by atoms with E-state index in [0.29, 0.717) is 19.4 Å². The van der Waals surface area contributed by atoms with Gasteiger partial charge in [0.2, 0.25) is 0 Å². The third kappa shape index (κ3) is 3.30. The van der Waals surface area contributed by atoms with E-state index in [2.05, 4.69) is 11.9 Å². The maximum atomic E-state index is 11.5. The Bertz CT molecular complexity index is 391. The van der Waals surface area contributed by atoms with E-state index < -0.39 is 18.1 Å². The van der Waals surface area contributed by atoms with Gasteiger partial charge in [-0.2, -0.15) is 0 Å². The molecule has 2 unspecified atom stereocenters. The predicted octanol–water partition coefficient (Wildman–Crippen LogP) is 1.70. The highest BCUT2D eigenvalue weighted by atomic mass is 16.5. The fourth-order valence-corrected chi connectivity index (χ4v) is 2.95. The minimum atomic E-state index is -1.03. The zero-order valence-corrected chi connectivity index (χ0v) is 11.5. The van der Waals surface area contributed by atoms with Gasteiger partial charge in [0.1, 0.15) is 12.6 Å². The standard InChI is InChI=1S/C14H21NO5/c1-2-7-19-13(18)15-11(12(16)17)10-4-8-20-14(9-10)5-3-6-14/h2,10-11H,1,3-9H2,(H,15,18)(H,16,17). The first-order chi connectivity index (χ1) is 9.56. The molecule has 2 rings (SSSR count). The van der Waals surface area contributed by atoms with E-state index in [4.69, 9.17) is 9.47 Å². The quantitative estimate of drug-likeness (QED) is 0.750. The summed E-state index contributed by atoms with van der Waals surface area (Å²) in [4.78, 5) is 22.9. The van der Waals surface area contributed by atoms with E-state index in [0.717, 1.165) is 19.3 Å². The first kappa shape index (κ1) is 14.8. The number of carboxylic acid groups (broad SMARTS) is 1. The molecule has 1 aliphatic carbocycles. The number of nitrogens with one attached hydrogen (secondary N) is 1. The number of alkyl carbamates (subject to hydrolysis) is 1. The van der Waals surface area contributed by atoms with Crippen LogP contribution in [0.4, 0.5) is 4.79 Å². The van der Waals surface area contributed by atoms with Crippen LogP contribution in [0.25, 0.3) is 0 Å². The summed E-state index contributed by atoms with van der Waals surface area (Å²) in [5.74, 6) is -1.14. The third-order valence-corrected chi connectivity index (χ3v) is 4.14. The van der Waals surface area contributed by atoms with Crippen LogP contribution in [0.3, 0.4) is 0 Å². The summed E-state index contributed by atoms with van der Waals surface area (Å²) in [6, 6.07) is -0.923. The van der Waals surface area contributed by atoms with Gasteiger partial charge in [-0.1, -0.05) is 12.7 Å². The summed E-state index contributed by atoms with van der Waals surface area (Å²) in [6.07, 6.45) is 5.14. The summed E-state index contributed by atoms with van der Waals surface area (Å²) < 4.78 is 10.6. The number of ether oxygens (including phenoxy) is 2. The van der Waals surface area contributed by atoms with Crippen LogP contribution in [0, 0.1) is 5.92 Å². The van der Waals surface area contributed by atoms with Crippen molar-refractivity contribution in [2.45, 2.75) is 43.7 Å². The molecule has 0 aromatic carbocycles. The lowest BCUT2D eigenvalue weighted by molar-refractivity contribution is -0.157. The number of rotatable bonds is 5. The van der Waals surface area contributed by atoms with Crippen molar-refractivity contribution in [2.24, 2.45) is 5.92 Å². The van der Waals surface area contributed by atoms with Gasteiger partial charge in [-0.15, -0.1) is 0 Å². The van der Waals surface area contributed by atoms with Crippen LogP contribution in [-0.4, -0.2) is 42.0 Å². The van der Waals surface area contributed by atoms with Crippen molar-refractivity contribution in [2.75, 3.05) is 13.2 Å². The van der Waals surface area contributed by atoms with Gasteiger partial charge in [0.05, 0.1) is 5.60 Å². The van der Waals surface area contributed by atoms with Crippen LogP contribution in [0.2, 0.25) is 0 Å². The van der Waals surface area contributed by atoms with Gasteiger partial charge < -0.3 is 19.9 Å². The summed E-state index contributed by atoms with van der Waals surface area (Å²) >= 11 is 0. The van der Waals surface area contributed by atoms with E-state index in [-0.39, 0.29) is 18.1 Å². The normalized spacial score (nSPS) is 25.3. The fraction of sp³-hybridized carbons (Fsp3) is 0.714. The molecule has 2 fully saturated rings. The molecule has 1 saturated heterocycles. The summed E-state index contributed by atoms with van der Waals surface area (Å²) in [7, 11) is 0. The van der Waals surface area contributed by atoms with Gasteiger partial charge in [0.15, 0.2) is 0 Å². The average molecular weight is 283 g/mol. The second-order valence-corrected chi connectivity index (χ2v) is 5.49. The molecule has 1 spiro atoms. The van der Waals surface area contributed by atoms with Gasteiger partial charge in [-0.3, -0.25) is 0 Å². The number of carbonyl (C=O) groups excluding carboxylic acids is 1. The minimum Gasteiger partial charge on any atom is -0.480 e. The van der Waals surface area contributed by atoms with Crippen LogP contribution >= 0.6 is 0 Å². The molecule has 6 nitrogen and oxygen atoms in total. The van der Waals surface area contributed by atoms with Crippen molar-refractivity contribution in [3.8, 4) is 0 Å². The monoisotopic (exact) mass is 283 g/mol. The van der Waals surface area contributed by atoms with Gasteiger partial charge in [-0.05, 0) is 38.0 Å². The Hall–Kier alpha value is -1.56. The van der Waals surface area contributed by atoms with Gasteiger partial charge >= 0.3 is 12.1 Å². The van der Waals surface area contributed by atoms with Crippen molar-refractivity contribution in [3.05, 3.63) is 12.7 Å². The van der Waals surface area contributed by atoms with Crippen LogP contribution in [0.1, 0.15) is 32.1 Å². The largest absolute Gasteiger partial charge is 0.480 e. The molecule has 112 valence electrons. The van der Waals surface area contributed by atoms with Crippen molar-refractivity contribution in [1.29, 1.82) is 0 Å². The fourth-order valence-electron chi connectivity index (χ4n) is 2.95. The lowest BCUT2D eigenvalue weighted by atomic mass is 9.70. The highest BCUT2D eigenvalue weighted by Gasteiger charge is 2.46. The Kier molecular flexibility index (Phi) is 4.65. The number of carboxylic acids is 1. The maximum Gasteiger partial charge on any atom is 0.408 e. The van der Waals surface area contributed by atoms with Gasteiger partial charge in [0, 0.05) is 6.61 Å². The molecule has 1 heterocycles. The molecule has 0 aromatic heterocycles. The first-order valence-electron chi connectivity index (χ1n) is 6.97. The number of amides is 1. The SMILES string of the molecule is C=CCOC(=O)NC(C(=O)O)C1CCOC2(CCC2)C1. The number of aliphatic carboxylic acids is 1. The second-order valence-electron chi connectivity index (χ2n) is 5.49. The second kappa shape index (κ2) is 6.26. The molecule has 0 radical (unpaired) electrons. The Morgan fingerprint density at radius 1 is 1.55 bits per heavy atom. The zero-order chi connectivity index (χ0) is 14.6. The molecular weight excluding hydrogens is 262 g/mol. The van der Waals surface area contributed by atoms with E-state index in [9.17, 15) is 14.7 Å². The Morgan fingerprint density at radius 2 is 2.30 bits per heavy atom. The summed E-state index contributed by atoms with van der Waals surface area (Å²) in [5.41, 5.74) is -0.149. The minimum absolute atomic E-state index is 0.0654. The third-order valence-electron chi connectivity index (χ3n) is 4.14. The highest BCUT2D eigenvalue weighted by molar-refractivity contribution is 5.80. The molecule has 2 aliphatic rings. The maximum absolute atomic E-state index is 11.5. The van der Waals surface area contributed by atoms with E-state index >= 15 is 0 Å². The van der Waals surface area contributed by atoms with Crippen molar-refractivity contribution in [3.63, 3.8) is 0 Å². The zero-order valence-electron chi connectivity index (χ0n) is 11.5. The lowest BCUT2D eigenvalue weighted by Crippen LogP contribution is -2.53. The Labute approximate surface area is 118 Å². The average Bonchev–Trinajstić information content (AvgIpc) is 2.40. The molecule has 1 saturated carbocycles. The molecule has 1 amide bonds. The van der Waals surface area contributed by atoms with Crippen molar-refractivity contribution < 1.29 is 24.2 Å². The van der Waals surface area contributed by atoms with Gasteiger partial charge in [0.25, 0.3) is 0 Å². The van der Waals surface area contributed by atoms with Crippen LogP contribution < -0.4 is 5.32 Å². The lowest BCUT2D eigenvalue weighted by Gasteiger charge is -2.48. The molecule has 2 N–H and O–H groups in total. The molecule has 1 aliphatic heterocycles. The number of carbonyl (C=O) groups is 2. The summed E-state index contributed by atoms with van der Waals surface area (Å²) in [6.45, 7) is 4.06. The topological polar surface area (TPSA) is 84.9 Å². The highest BCUT2D eigenvalue weighted by Crippen LogP contribution is 2.45. The number of hydrogen-bond donors (Lipinski definition) is 2. The summed E-state index contributed by atoms with van der Waals surface area (Å²) in [5, 5.41) is 11.8. The Balaban J connectivity index is 1.95. The predicted molar refractivity (Wildman–Crippen MR) is 71.4 cm³/mol. The van der Waals surface area contributed by atoms with E-state index in [1.165, 1.54) is 6.08 Å². The van der Waals surface area contributed by atoms with Gasteiger partial charge in [-0.25, -0.2) is 9.59 Å². The van der Waals surface area contributed by atoms with Crippen LogP contribution in [0.5, 0.6) is 0 Å². The molecule has 0 bridgehead atoms.